The fourth-order valence-corrected chi connectivity index (χ4v) is 0.757. The summed E-state index contributed by atoms with van der Waals surface area (Å²) in [6.45, 7) is 0. The topological polar surface area (TPSA) is 68.8 Å². The highest BCUT2D eigenvalue weighted by Crippen LogP contribution is 1.85. The van der Waals surface area contributed by atoms with Crippen molar-refractivity contribution < 1.29 is 0 Å². The lowest BCUT2D eigenvalue weighted by Gasteiger charge is -1.88. The van der Waals surface area contributed by atoms with Gasteiger partial charge in [0.2, 0.25) is 0 Å². The Labute approximate surface area is 74.0 Å². The first-order valence-electron chi connectivity index (χ1n) is 3.60. The monoisotopic (exact) mass is 174 g/mol. The van der Waals surface area contributed by atoms with Gasteiger partial charge in [0.1, 0.15) is 18.3 Å². The highest BCUT2D eigenvalue weighted by Gasteiger charge is 1.87. The summed E-state index contributed by atoms with van der Waals surface area (Å²) in [5.74, 6) is 0. The first-order valence-corrected chi connectivity index (χ1v) is 3.60. The van der Waals surface area contributed by atoms with Crippen molar-refractivity contribution in [2.75, 3.05) is 0 Å². The van der Waals surface area contributed by atoms with E-state index in [0.717, 1.165) is 0 Å². The van der Waals surface area contributed by atoms with Crippen LogP contribution in [0.3, 0.4) is 0 Å². The molecule has 0 aliphatic heterocycles. The summed E-state index contributed by atoms with van der Waals surface area (Å²) >= 11 is 0. The van der Waals surface area contributed by atoms with Crippen LogP contribution in [0.5, 0.6) is 0 Å². The standard InChI is InChI=1S/C7H6N6/c1-2-10-7(3-8-1)4-11-13-6-9-5-12-13/h1-6H/b11-4+. The molecular weight excluding hydrogens is 168 g/mol. The van der Waals surface area contributed by atoms with Crippen LogP contribution in [0.15, 0.2) is 36.3 Å². The van der Waals surface area contributed by atoms with Crippen LogP contribution in [0.4, 0.5) is 0 Å². The molecule has 0 spiro atoms. The molecule has 0 N–H and O–H groups in total. The Hall–Kier alpha value is -2.11. The zero-order valence-corrected chi connectivity index (χ0v) is 6.65. The largest absolute Gasteiger partial charge is 0.261 e. The lowest BCUT2D eigenvalue weighted by molar-refractivity contribution is 0.742. The van der Waals surface area contributed by atoms with Gasteiger partial charge in [0.15, 0.2) is 0 Å². The first kappa shape index (κ1) is 7.53. The molecule has 2 rings (SSSR count). The molecule has 0 aliphatic rings. The Morgan fingerprint density at radius 3 is 3.00 bits per heavy atom. The normalized spacial score (nSPS) is 10.8. The van der Waals surface area contributed by atoms with Gasteiger partial charge in [-0.2, -0.15) is 5.10 Å². The van der Waals surface area contributed by atoms with Crippen molar-refractivity contribution in [3.05, 3.63) is 36.9 Å². The second-order valence-corrected chi connectivity index (χ2v) is 2.19. The van der Waals surface area contributed by atoms with Crippen molar-refractivity contribution in [2.45, 2.75) is 0 Å². The highest BCUT2D eigenvalue weighted by molar-refractivity contribution is 5.75. The molecule has 0 saturated carbocycles. The van der Waals surface area contributed by atoms with Gasteiger partial charge in [0.25, 0.3) is 0 Å². The van der Waals surface area contributed by atoms with Gasteiger partial charge in [-0.3, -0.25) is 9.97 Å². The van der Waals surface area contributed by atoms with Crippen molar-refractivity contribution in [3.63, 3.8) is 0 Å². The summed E-state index contributed by atoms with van der Waals surface area (Å²) in [4.78, 5) is 13.0. The second-order valence-electron chi connectivity index (χ2n) is 2.19. The SMILES string of the molecule is C(=N\n1cncn1)/c1cnccn1. The summed E-state index contributed by atoms with van der Waals surface area (Å²) in [5, 5.41) is 7.74. The smallest absolute Gasteiger partial charge is 0.139 e. The maximum Gasteiger partial charge on any atom is 0.139 e. The summed E-state index contributed by atoms with van der Waals surface area (Å²) in [7, 11) is 0. The predicted octanol–water partition coefficient (Wildman–Crippen LogP) is -0.0497. The third kappa shape index (κ3) is 1.92. The molecule has 0 saturated heterocycles. The maximum atomic E-state index is 4.00. The molecular formula is C7H6N6. The number of aromatic nitrogens is 5. The number of hydrogen-bond acceptors (Lipinski definition) is 5. The lowest BCUT2D eigenvalue weighted by atomic mass is 10.5. The van der Waals surface area contributed by atoms with Gasteiger partial charge in [-0.1, -0.05) is 0 Å². The van der Waals surface area contributed by atoms with Crippen LogP contribution < -0.4 is 0 Å². The summed E-state index contributed by atoms with van der Waals surface area (Å²) in [6.07, 6.45) is 9.28. The summed E-state index contributed by atoms with van der Waals surface area (Å²) < 4.78 is 0. The predicted molar refractivity (Wildman–Crippen MR) is 45.0 cm³/mol. The van der Waals surface area contributed by atoms with Crippen LogP contribution in [0.2, 0.25) is 0 Å². The van der Waals surface area contributed by atoms with E-state index in [1.54, 1.807) is 24.8 Å². The molecule has 0 atom stereocenters. The Morgan fingerprint density at radius 2 is 2.31 bits per heavy atom. The van der Waals surface area contributed by atoms with Crippen molar-refractivity contribution in [2.24, 2.45) is 5.10 Å². The second kappa shape index (κ2) is 3.53. The van der Waals surface area contributed by atoms with Crippen LogP contribution >= 0.6 is 0 Å². The zero-order valence-electron chi connectivity index (χ0n) is 6.65. The molecule has 0 fully saturated rings. The average molecular weight is 174 g/mol. The minimum absolute atomic E-state index is 0.679. The Kier molecular flexibility index (Phi) is 2.04. The molecule has 0 unspecified atom stereocenters. The van der Waals surface area contributed by atoms with E-state index in [2.05, 4.69) is 25.2 Å². The molecule has 0 amide bonds. The van der Waals surface area contributed by atoms with Gasteiger partial charge in [0.05, 0.1) is 12.4 Å². The zero-order chi connectivity index (χ0) is 8.93. The van der Waals surface area contributed by atoms with E-state index >= 15 is 0 Å². The van der Waals surface area contributed by atoms with Gasteiger partial charge in [0, 0.05) is 12.4 Å². The minimum atomic E-state index is 0.679. The van der Waals surface area contributed by atoms with Crippen molar-refractivity contribution >= 4 is 6.21 Å². The third-order valence-electron chi connectivity index (χ3n) is 1.30. The van der Waals surface area contributed by atoms with Crippen molar-refractivity contribution in [1.82, 2.24) is 24.8 Å². The number of nitrogens with zero attached hydrogens (tertiary/aromatic N) is 6. The number of rotatable bonds is 2. The summed E-state index contributed by atoms with van der Waals surface area (Å²) in [6, 6.07) is 0. The Bertz CT molecular complexity index is 379. The van der Waals surface area contributed by atoms with Crippen molar-refractivity contribution in [1.29, 1.82) is 0 Å². The van der Waals surface area contributed by atoms with Crippen LogP contribution in [-0.4, -0.2) is 31.1 Å². The van der Waals surface area contributed by atoms with E-state index in [1.165, 1.54) is 17.4 Å². The van der Waals surface area contributed by atoms with E-state index in [0.29, 0.717) is 5.69 Å². The quantitative estimate of drug-likeness (QED) is 0.598. The Morgan fingerprint density at radius 1 is 1.31 bits per heavy atom. The molecule has 6 heteroatoms. The van der Waals surface area contributed by atoms with Crippen LogP contribution in [0.1, 0.15) is 5.69 Å². The van der Waals surface area contributed by atoms with Crippen LogP contribution in [0.25, 0.3) is 0 Å². The molecule has 2 heterocycles. The van der Waals surface area contributed by atoms with E-state index < -0.39 is 0 Å². The molecule has 2 aromatic heterocycles. The van der Waals surface area contributed by atoms with Crippen molar-refractivity contribution in [3.8, 4) is 0 Å². The fourth-order valence-electron chi connectivity index (χ4n) is 0.757. The molecule has 0 radical (unpaired) electrons. The van der Waals surface area contributed by atoms with Gasteiger partial charge in [-0.25, -0.2) is 4.98 Å². The number of hydrogen-bond donors (Lipinski definition) is 0. The van der Waals surface area contributed by atoms with E-state index in [1.807, 2.05) is 0 Å². The van der Waals surface area contributed by atoms with Gasteiger partial charge < -0.3 is 0 Å². The first-order chi connectivity index (χ1) is 6.45. The molecule has 0 aromatic carbocycles. The third-order valence-corrected chi connectivity index (χ3v) is 1.30. The van der Waals surface area contributed by atoms with Crippen LogP contribution in [0, 0.1) is 0 Å². The average Bonchev–Trinajstić information content (AvgIpc) is 2.69. The van der Waals surface area contributed by atoms with Gasteiger partial charge >= 0.3 is 0 Å². The molecule has 0 aliphatic carbocycles. The molecule has 13 heavy (non-hydrogen) atoms. The van der Waals surface area contributed by atoms with E-state index in [9.17, 15) is 0 Å². The lowest BCUT2D eigenvalue weighted by Crippen LogP contribution is -1.93. The molecule has 2 aromatic rings. The molecule has 0 bridgehead atoms. The molecule has 6 nitrogen and oxygen atoms in total. The minimum Gasteiger partial charge on any atom is -0.261 e. The summed E-state index contributed by atoms with van der Waals surface area (Å²) in [5.41, 5.74) is 0.679. The fraction of sp³-hybridized carbons (Fsp3) is 0. The highest BCUT2D eigenvalue weighted by atomic mass is 15.5. The van der Waals surface area contributed by atoms with Gasteiger partial charge in [-0.05, 0) is 0 Å². The Balaban J connectivity index is 2.15. The molecule has 64 valence electrons. The van der Waals surface area contributed by atoms with Gasteiger partial charge in [-0.15, -0.1) is 9.89 Å². The van der Waals surface area contributed by atoms with E-state index in [-0.39, 0.29) is 0 Å². The van der Waals surface area contributed by atoms with E-state index in [4.69, 9.17) is 0 Å². The maximum absolute atomic E-state index is 4.00. The van der Waals surface area contributed by atoms with Crippen LogP contribution in [-0.2, 0) is 0 Å².